The van der Waals surface area contributed by atoms with Gasteiger partial charge >= 0.3 is 0 Å². The number of rotatable bonds is 6. The molecule has 2 aliphatic heterocycles. The van der Waals surface area contributed by atoms with Crippen molar-refractivity contribution in [2.45, 2.75) is 72.4 Å². The number of imide groups is 1. The summed E-state index contributed by atoms with van der Waals surface area (Å²) in [6, 6.07) is 38.0. The zero-order chi connectivity index (χ0) is 32.8. The summed E-state index contributed by atoms with van der Waals surface area (Å²) in [4.78, 5) is 38.3. The van der Waals surface area contributed by atoms with Gasteiger partial charge in [0, 0.05) is 29.3 Å². The molecular formula is C41H46N2O3. The van der Waals surface area contributed by atoms with Crippen LogP contribution in [0.5, 0.6) is 0 Å². The summed E-state index contributed by atoms with van der Waals surface area (Å²) < 4.78 is 0. The maximum Gasteiger partial charge on any atom is 0.234 e. The number of carbonyl (C=O) groups excluding carboxylic acids is 3. The zero-order valence-electron chi connectivity index (χ0n) is 27.7. The third kappa shape index (κ3) is 8.00. The Morgan fingerprint density at radius 2 is 1.11 bits per heavy atom. The van der Waals surface area contributed by atoms with Crippen LogP contribution in [-0.4, -0.2) is 34.7 Å². The summed E-state index contributed by atoms with van der Waals surface area (Å²) in [5, 5.41) is 3.06. The van der Waals surface area contributed by atoms with Crippen molar-refractivity contribution in [3.8, 4) is 22.3 Å². The van der Waals surface area contributed by atoms with Gasteiger partial charge in [-0.05, 0) is 59.1 Å². The van der Waals surface area contributed by atoms with Crippen molar-refractivity contribution in [3.63, 3.8) is 0 Å². The average Bonchev–Trinajstić information content (AvgIpc) is 3.52. The molecule has 3 amide bonds. The lowest BCUT2D eigenvalue weighted by Crippen LogP contribution is -2.46. The van der Waals surface area contributed by atoms with Crippen molar-refractivity contribution in [2.24, 2.45) is 17.3 Å². The van der Waals surface area contributed by atoms with Crippen molar-refractivity contribution >= 4 is 17.7 Å². The summed E-state index contributed by atoms with van der Waals surface area (Å²) in [6.45, 7) is 9.53. The normalized spacial score (nSPS) is 21.0. The Kier molecular flexibility index (Phi) is 10.2. The fourth-order valence-corrected chi connectivity index (χ4v) is 6.39. The minimum atomic E-state index is -0.546. The van der Waals surface area contributed by atoms with Crippen molar-refractivity contribution in [1.82, 2.24) is 10.2 Å². The van der Waals surface area contributed by atoms with E-state index in [2.05, 4.69) is 90.2 Å². The van der Waals surface area contributed by atoms with Gasteiger partial charge in [0.1, 0.15) is 0 Å². The topological polar surface area (TPSA) is 66.5 Å². The Bertz CT molecular complexity index is 1620. The van der Waals surface area contributed by atoms with E-state index in [0.29, 0.717) is 12.5 Å². The number of hydrogen-bond donors (Lipinski definition) is 1. The fourth-order valence-electron chi connectivity index (χ4n) is 6.39. The van der Waals surface area contributed by atoms with Crippen molar-refractivity contribution in [1.29, 1.82) is 0 Å². The summed E-state index contributed by atoms with van der Waals surface area (Å²) in [6.07, 6.45) is 3.32. The quantitative estimate of drug-likeness (QED) is 0.239. The van der Waals surface area contributed by atoms with Crippen LogP contribution in [0.3, 0.4) is 0 Å². The van der Waals surface area contributed by atoms with Gasteiger partial charge in [-0.3, -0.25) is 19.3 Å². The number of nitrogens with one attached hydrogen (secondary N) is 1. The molecule has 4 aromatic rings. The minimum absolute atomic E-state index is 0.0316. The Balaban J connectivity index is 0.000000187. The predicted octanol–water partition coefficient (Wildman–Crippen LogP) is 8.13. The van der Waals surface area contributed by atoms with Gasteiger partial charge in [0.05, 0.1) is 0 Å². The van der Waals surface area contributed by atoms with Gasteiger partial charge in [-0.25, -0.2) is 0 Å². The number of nitrogens with zero attached hydrogens (tertiary/aromatic N) is 1. The second kappa shape index (κ2) is 14.3. The second-order valence-electron chi connectivity index (χ2n) is 13.9. The maximum atomic E-state index is 12.8. The smallest absolute Gasteiger partial charge is 0.234 e. The third-order valence-electron chi connectivity index (χ3n) is 9.02. The van der Waals surface area contributed by atoms with E-state index < -0.39 is 5.41 Å². The molecule has 0 radical (unpaired) electrons. The molecule has 0 saturated carbocycles. The van der Waals surface area contributed by atoms with Crippen LogP contribution < -0.4 is 5.32 Å². The number of carbonyl (C=O) groups is 3. The predicted molar refractivity (Wildman–Crippen MR) is 186 cm³/mol. The first-order valence-electron chi connectivity index (χ1n) is 16.5. The highest BCUT2D eigenvalue weighted by atomic mass is 16.2. The Labute approximate surface area is 274 Å². The summed E-state index contributed by atoms with van der Waals surface area (Å²) in [5.41, 5.74) is 6.73. The Hall–Kier alpha value is -4.51. The van der Waals surface area contributed by atoms with E-state index in [1.54, 1.807) is 0 Å². The lowest BCUT2D eigenvalue weighted by Gasteiger charge is -2.29. The van der Waals surface area contributed by atoms with E-state index in [-0.39, 0.29) is 35.6 Å². The van der Waals surface area contributed by atoms with Gasteiger partial charge in [0.25, 0.3) is 0 Å². The molecule has 6 rings (SSSR count). The second-order valence-corrected chi connectivity index (χ2v) is 13.9. The molecular weight excluding hydrogens is 568 g/mol. The highest BCUT2D eigenvalue weighted by Gasteiger charge is 2.43. The molecule has 5 nitrogen and oxygen atoms in total. The van der Waals surface area contributed by atoms with E-state index in [1.165, 1.54) is 32.7 Å². The average molecular weight is 615 g/mol. The van der Waals surface area contributed by atoms with Crippen LogP contribution in [0.15, 0.2) is 109 Å². The highest BCUT2D eigenvalue weighted by molar-refractivity contribution is 6.00. The molecule has 0 aliphatic carbocycles. The third-order valence-corrected chi connectivity index (χ3v) is 9.02. The van der Waals surface area contributed by atoms with Gasteiger partial charge < -0.3 is 5.32 Å². The van der Waals surface area contributed by atoms with E-state index in [0.717, 1.165) is 24.8 Å². The maximum absolute atomic E-state index is 12.8. The Morgan fingerprint density at radius 3 is 1.54 bits per heavy atom. The van der Waals surface area contributed by atoms with E-state index in [9.17, 15) is 14.4 Å². The summed E-state index contributed by atoms with van der Waals surface area (Å²) in [5.74, 6) is 0.156. The lowest BCUT2D eigenvalue weighted by molar-refractivity contribution is -0.150. The molecule has 2 saturated heterocycles. The van der Waals surface area contributed by atoms with E-state index in [1.807, 2.05) is 58.9 Å². The Morgan fingerprint density at radius 1 is 0.652 bits per heavy atom. The van der Waals surface area contributed by atoms with Crippen LogP contribution in [0.2, 0.25) is 0 Å². The molecule has 46 heavy (non-hydrogen) atoms. The summed E-state index contributed by atoms with van der Waals surface area (Å²) in [7, 11) is 0. The molecule has 238 valence electrons. The van der Waals surface area contributed by atoms with E-state index >= 15 is 0 Å². The number of likely N-dealkylation sites (tertiary alicyclic amines) is 1. The molecule has 0 spiro atoms. The van der Waals surface area contributed by atoms with Crippen LogP contribution in [0.25, 0.3) is 22.3 Å². The molecule has 2 aliphatic rings. The van der Waals surface area contributed by atoms with Gasteiger partial charge in [-0.2, -0.15) is 0 Å². The van der Waals surface area contributed by atoms with Crippen LogP contribution in [0.1, 0.15) is 58.6 Å². The molecule has 5 heteroatoms. The van der Waals surface area contributed by atoms with Crippen LogP contribution in [-0.2, 0) is 27.2 Å². The van der Waals surface area contributed by atoms with E-state index in [4.69, 9.17) is 0 Å². The first kappa shape index (κ1) is 32.9. The zero-order valence-corrected chi connectivity index (χ0v) is 27.7. The number of amides is 3. The van der Waals surface area contributed by atoms with Crippen molar-refractivity contribution in [3.05, 3.63) is 120 Å². The van der Waals surface area contributed by atoms with Crippen molar-refractivity contribution < 1.29 is 14.4 Å². The molecule has 1 N–H and O–H groups in total. The standard InChI is InChI=1S/C23H27NO2.C18H19NO/c1-16-14-20(24(21(16)25)22(26)23(2,3)4)15-17-10-12-19(13-11-17)18-8-6-5-7-9-18;1-13-11-17(19-18(13)20)12-14-7-9-16(10-8-14)15-5-3-2-4-6-15/h5-13,16,20H,14-15H2,1-4H3;2-10,13,17H,11-12H2,1H3,(H,19,20)/t16-,20-;13-,17-/m00/s1. The molecule has 0 unspecified atom stereocenters. The van der Waals surface area contributed by atoms with Crippen LogP contribution in [0.4, 0.5) is 0 Å². The lowest BCUT2D eigenvalue weighted by atomic mass is 9.93. The highest BCUT2D eigenvalue weighted by Crippen LogP contribution is 2.32. The largest absolute Gasteiger partial charge is 0.353 e. The molecule has 2 heterocycles. The first-order valence-corrected chi connectivity index (χ1v) is 16.5. The monoisotopic (exact) mass is 614 g/mol. The molecule has 4 atom stereocenters. The minimum Gasteiger partial charge on any atom is -0.353 e. The SMILES string of the molecule is C[C@H]1C[C@@H](Cc2ccc(-c3ccccc3)cc2)N(C(=O)C(C)(C)C)C1=O.C[C@H]1C[C@@H](Cc2ccc(-c3ccccc3)cc2)NC1=O. The van der Waals surface area contributed by atoms with Gasteiger partial charge in [0.15, 0.2) is 0 Å². The van der Waals surface area contributed by atoms with Crippen LogP contribution in [0, 0.1) is 17.3 Å². The first-order chi connectivity index (χ1) is 22.0. The van der Waals surface area contributed by atoms with Crippen molar-refractivity contribution in [2.75, 3.05) is 0 Å². The number of benzene rings is 4. The van der Waals surface area contributed by atoms with Gasteiger partial charge in [0.2, 0.25) is 17.7 Å². The molecule has 0 aromatic heterocycles. The molecule has 2 fully saturated rings. The number of hydrogen-bond acceptors (Lipinski definition) is 3. The summed E-state index contributed by atoms with van der Waals surface area (Å²) >= 11 is 0. The van der Waals surface area contributed by atoms with Gasteiger partial charge in [-0.1, -0.05) is 144 Å². The van der Waals surface area contributed by atoms with Gasteiger partial charge in [-0.15, -0.1) is 0 Å². The van der Waals surface area contributed by atoms with Crippen LogP contribution >= 0.6 is 0 Å². The molecule has 4 aromatic carbocycles. The molecule has 0 bridgehead atoms. The fraction of sp³-hybridized carbons (Fsp3) is 0.341.